The quantitative estimate of drug-likeness (QED) is 0.859. The van der Waals surface area contributed by atoms with Crippen molar-refractivity contribution in [2.24, 2.45) is 0 Å². The highest BCUT2D eigenvalue weighted by Crippen LogP contribution is 2.31. The van der Waals surface area contributed by atoms with Crippen LogP contribution in [0.2, 0.25) is 0 Å². The number of likely N-dealkylation sites (N-methyl/N-ethyl adjacent to an activating group) is 1. The SMILES string of the molecule is CCN1CCc2nc(NC(=O)c3cc4c(s3)CCCCCC4)sc2C1. The van der Waals surface area contributed by atoms with Gasteiger partial charge in [-0.05, 0) is 43.9 Å². The maximum absolute atomic E-state index is 12.7. The van der Waals surface area contributed by atoms with Gasteiger partial charge < -0.3 is 0 Å². The minimum Gasteiger partial charge on any atom is -0.298 e. The molecule has 0 unspecified atom stereocenters. The van der Waals surface area contributed by atoms with Gasteiger partial charge in [0.1, 0.15) is 0 Å². The molecule has 0 radical (unpaired) electrons. The average Bonchev–Trinajstić information content (AvgIpc) is 3.17. The maximum atomic E-state index is 12.7. The molecule has 6 heteroatoms. The van der Waals surface area contributed by atoms with Crippen molar-refractivity contribution in [2.45, 2.75) is 58.4 Å². The van der Waals surface area contributed by atoms with Gasteiger partial charge in [0.25, 0.3) is 5.91 Å². The van der Waals surface area contributed by atoms with Crippen LogP contribution in [0.4, 0.5) is 5.13 Å². The molecule has 1 aliphatic carbocycles. The molecule has 2 aromatic heterocycles. The molecule has 25 heavy (non-hydrogen) atoms. The summed E-state index contributed by atoms with van der Waals surface area (Å²) in [6, 6.07) is 2.12. The summed E-state index contributed by atoms with van der Waals surface area (Å²) >= 11 is 3.32. The summed E-state index contributed by atoms with van der Waals surface area (Å²) < 4.78 is 0. The van der Waals surface area contributed by atoms with E-state index in [2.05, 4.69) is 28.2 Å². The van der Waals surface area contributed by atoms with Gasteiger partial charge >= 0.3 is 0 Å². The molecule has 1 aliphatic heterocycles. The number of carbonyl (C=O) groups is 1. The summed E-state index contributed by atoms with van der Waals surface area (Å²) in [4.78, 5) is 23.3. The van der Waals surface area contributed by atoms with Gasteiger partial charge in [-0.15, -0.1) is 22.7 Å². The van der Waals surface area contributed by atoms with Crippen LogP contribution >= 0.6 is 22.7 Å². The molecule has 0 bridgehead atoms. The molecule has 1 amide bonds. The van der Waals surface area contributed by atoms with Crippen molar-refractivity contribution < 1.29 is 4.79 Å². The van der Waals surface area contributed by atoms with Crippen molar-refractivity contribution in [3.8, 4) is 0 Å². The highest BCUT2D eigenvalue weighted by molar-refractivity contribution is 7.16. The first-order valence-electron chi connectivity index (χ1n) is 9.37. The van der Waals surface area contributed by atoms with Crippen LogP contribution in [0.15, 0.2) is 6.07 Å². The Morgan fingerprint density at radius 2 is 2.00 bits per heavy atom. The van der Waals surface area contributed by atoms with Crippen molar-refractivity contribution in [1.82, 2.24) is 9.88 Å². The van der Waals surface area contributed by atoms with Gasteiger partial charge in [0.05, 0.1) is 10.6 Å². The van der Waals surface area contributed by atoms with Crippen molar-refractivity contribution in [1.29, 1.82) is 0 Å². The van der Waals surface area contributed by atoms with Crippen molar-refractivity contribution in [3.05, 3.63) is 32.0 Å². The first-order valence-corrected chi connectivity index (χ1v) is 11.0. The molecule has 0 aromatic carbocycles. The molecule has 0 saturated heterocycles. The van der Waals surface area contributed by atoms with Crippen LogP contribution in [0.1, 0.15) is 63.3 Å². The lowest BCUT2D eigenvalue weighted by atomic mass is 10.00. The molecule has 0 saturated carbocycles. The zero-order valence-corrected chi connectivity index (χ0v) is 16.4. The molecule has 134 valence electrons. The number of fused-ring (bicyclic) bond motifs is 2. The summed E-state index contributed by atoms with van der Waals surface area (Å²) in [7, 11) is 0. The van der Waals surface area contributed by atoms with E-state index in [1.165, 1.54) is 46.7 Å². The lowest BCUT2D eigenvalue weighted by Gasteiger charge is -2.23. The molecule has 0 fully saturated rings. The van der Waals surface area contributed by atoms with Gasteiger partial charge in [-0.3, -0.25) is 15.0 Å². The Hall–Kier alpha value is -1.24. The van der Waals surface area contributed by atoms with Gasteiger partial charge in [-0.2, -0.15) is 0 Å². The fraction of sp³-hybridized carbons (Fsp3) is 0.579. The number of anilines is 1. The van der Waals surface area contributed by atoms with Crippen LogP contribution in [0.25, 0.3) is 0 Å². The largest absolute Gasteiger partial charge is 0.298 e. The normalized spacial score (nSPS) is 18.1. The molecule has 4 nitrogen and oxygen atoms in total. The number of aromatic nitrogens is 1. The number of nitrogens with one attached hydrogen (secondary N) is 1. The molecule has 0 atom stereocenters. The van der Waals surface area contributed by atoms with Crippen molar-refractivity contribution >= 4 is 33.7 Å². The minimum absolute atomic E-state index is 0.00944. The minimum atomic E-state index is 0.00944. The Bertz CT molecular complexity index is 739. The summed E-state index contributed by atoms with van der Waals surface area (Å²) in [6.07, 6.45) is 8.38. The molecule has 2 aliphatic rings. The third-order valence-corrected chi connectivity index (χ3v) is 7.43. The van der Waals surface area contributed by atoms with E-state index in [9.17, 15) is 4.79 Å². The number of thiazole rings is 1. The Morgan fingerprint density at radius 1 is 1.16 bits per heavy atom. The second kappa shape index (κ2) is 7.56. The van der Waals surface area contributed by atoms with Gasteiger partial charge in [0, 0.05) is 29.3 Å². The third-order valence-electron chi connectivity index (χ3n) is 5.20. The van der Waals surface area contributed by atoms with Gasteiger partial charge in [-0.25, -0.2) is 4.98 Å². The van der Waals surface area contributed by atoms with E-state index in [-0.39, 0.29) is 5.91 Å². The predicted octanol–water partition coefficient (Wildman–Crippen LogP) is 4.49. The third kappa shape index (κ3) is 3.81. The summed E-state index contributed by atoms with van der Waals surface area (Å²) in [6.45, 7) is 5.29. The number of amides is 1. The summed E-state index contributed by atoms with van der Waals surface area (Å²) in [5, 5.41) is 3.81. The molecule has 2 aromatic rings. The number of hydrogen-bond donors (Lipinski definition) is 1. The Labute approximate surface area is 157 Å². The number of nitrogens with zero attached hydrogens (tertiary/aromatic N) is 2. The smallest absolute Gasteiger partial charge is 0.267 e. The standard InChI is InChI=1S/C19H25N3OS2/c1-2-22-10-9-14-17(12-22)25-19(20-14)21-18(23)16-11-13-7-5-3-4-6-8-15(13)24-16/h11H,2-10,12H2,1H3,(H,20,21,23). The second-order valence-electron chi connectivity index (χ2n) is 6.94. The maximum Gasteiger partial charge on any atom is 0.267 e. The molecular weight excluding hydrogens is 350 g/mol. The van der Waals surface area contributed by atoms with E-state index in [4.69, 9.17) is 0 Å². The molecule has 3 heterocycles. The Kier molecular flexibility index (Phi) is 5.20. The van der Waals surface area contributed by atoms with E-state index in [0.29, 0.717) is 0 Å². The van der Waals surface area contributed by atoms with E-state index < -0.39 is 0 Å². The Morgan fingerprint density at radius 3 is 2.84 bits per heavy atom. The van der Waals surface area contributed by atoms with E-state index in [0.717, 1.165) is 48.9 Å². The van der Waals surface area contributed by atoms with Crippen molar-refractivity contribution in [3.63, 3.8) is 0 Å². The second-order valence-corrected chi connectivity index (χ2v) is 9.16. The first kappa shape index (κ1) is 17.2. The van der Waals surface area contributed by atoms with Crippen LogP contribution in [0, 0.1) is 0 Å². The molecule has 1 N–H and O–H groups in total. The summed E-state index contributed by atoms with van der Waals surface area (Å²) in [5.41, 5.74) is 2.57. The van der Waals surface area contributed by atoms with Gasteiger partial charge in [-0.1, -0.05) is 19.8 Å². The average molecular weight is 376 g/mol. The van der Waals surface area contributed by atoms with Crippen molar-refractivity contribution in [2.75, 3.05) is 18.4 Å². The lowest BCUT2D eigenvalue weighted by Crippen LogP contribution is -2.29. The van der Waals surface area contributed by atoms with E-state index in [1.54, 1.807) is 22.7 Å². The first-order chi connectivity index (χ1) is 12.2. The summed E-state index contributed by atoms with van der Waals surface area (Å²) in [5.74, 6) is 0.00944. The monoisotopic (exact) mass is 375 g/mol. The number of rotatable bonds is 3. The van der Waals surface area contributed by atoms with E-state index >= 15 is 0 Å². The van der Waals surface area contributed by atoms with Gasteiger partial charge in [0.2, 0.25) is 0 Å². The van der Waals surface area contributed by atoms with Gasteiger partial charge in [0.15, 0.2) is 5.13 Å². The topological polar surface area (TPSA) is 45.2 Å². The lowest BCUT2D eigenvalue weighted by molar-refractivity contribution is 0.103. The zero-order chi connectivity index (χ0) is 17.2. The van der Waals surface area contributed by atoms with Crippen LogP contribution < -0.4 is 5.32 Å². The number of hydrogen-bond acceptors (Lipinski definition) is 5. The van der Waals surface area contributed by atoms with Crippen LogP contribution in [-0.2, 0) is 25.8 Å². The molecule has 4 rings (SSSR count). The molecular formula is C19H25N3OS2. The van der Waals surface area contributed by atoms with Crippen LogP contribution in [0.5, 0.6) is 0 Å². The Balaban J connectivity index is 1.47. The predicted molar refractivity (Wildman–Crippen MR) is 105 cm³/mol. The zero-order valence-electron chi connectivity index (χ0n) is 14.8. The number of carbonyl (C=O) groups excluding carboxylic acids is 1. The fourth-order valence-corrected chi connectivity index (χ4v) is 5.88. The van der Waals surface area contributed by atoms with Crippen LogP contribution in [-0.4, -0.2) is 28.9 Å². The highest BCUT2D eigenvalue weighted by Gasteiger charge is 2.21. The molecule has 0 spiro atoms. The van der Waals surface area contributed by atoms with Crippen LogP contribution in [0.3, 0.4) is 0 Å². The highest BCUT2D eigenvalue weighted by atomic mass is 32.1. The van der Waals surface area contributed by atoms with E-state index in [1.807, 2.05) is 0 Å². The fourth-order valence-electron chi connectivity index (χ4n) is 3.69. The number of aryl methyl sites for hydroxylation is 2. The number of thiophene rings is 1.